The molecule has 5 nitrogen and oxygen atoms in total. The summed E-state index contributed by atoms with van der Waals surface area (Å²) in [6.45, 7) is 1.66. The average Bonchev–Trinajstić information content (AvgIpc) is 3.09. The zero-order valence-electron chi connectivity index (χ0n) is 11.9. The van der Waals surface area contributed by atoms with Crippen LogP contribution in [-0.4, -0.2) is 16.2 Å². The fraction of sp³-hybridized carbons (Fsp3) is 0.0625. The van der Waals surface area contributed by atoms with Crippen molar-refractivity contribution in [3.05, 3.63) is 58.4 Å². The molecule has 2 aromatic rings. The van der Waals surface area contributed by atoms with Crippen molar-refractivity contribution in [2.45, 2.75) is 6.92 Å². The number of furan rings is 1. The van der Waals surface area contributed by atoms with Crippen LogP contribution in [0, 0.1) is 6.92 Å². The number of hydrogen-bond acceptors (Lipinski definition) is 6. The minimum absolute atomic E-state index is 0.0339. The number of rotatable bonds is 3. The lowest BCUT2D eigenvalue weighted by atomic mass is 10.1. The predicted molar refractivity (Wildman–Crippen MR) is 89.9 cm³/mol. The van der Waals surface area contributed by atoms with Crippen molar-refractivity contribution in [2.24, 2.45) is 0 Å². The van der Waals surface area contributed by atoms with Crippen molar-refractivity contribution in [3.8, 4) is 0 Å². The van der Waals surface area contributed by atoms with Gasteiger partial charge in [-0.1, -0.05) is 30.0 Å². The summed E-state index contributed by atoms with van der Waals surface area (Å²) < 4.78 is 5.53. The number of aryl methyl sites for hydroxylation is 1. The van der Waals surface area contributed by atoms with Crippen LogP contribution in [0.1, 0.15) is 21.7 Å². The minimum atomic E-state index is -1.29. The highest BCUT2D eigenvalue weighted by Crippen LogP contribution is 2.36. The van der Waals surface area contributed by atoms with Gasteiger partial charge in [0.25, 0.3) is 5.91 Å². The third kappa shape index (κ3) is 2.93. The number of carbonyl (C=O) groups excluding carboxylic acids is 2. The zero-order valence-corrected chi connectivity index (χ0v) is 13.6. The number of anilines is 1. The van der Waals surface area contributed by atoms with Crippen molar-refractivity contribution in [2.75, 3.05) is 4.90 Å². The maximum absolute atomic E-state index is 12.6. The van der Waals surface area contributed by atoms with Crippen LogP contribution in [0.3, 0.4) is 0 Å². The van der Waals surface area contributed by atoms with Gasteiger partial charge in [0.1, 0.15) is 5.76 Å². The van der Waals surface area contributed by atoms with Crippen molar-refractivity contribution in [1.82, 2.24) is 0 Å². The molecule has 2 heterocycles. The van der Waals surface area contributed by atoms with Gasteiger partial charge in [-0.3, -0.25) is 9.69 Å². The van der Waals surface area contributed by atoms with Gasteiger partial charge in [-0.2, -0.15) is 0 Å². The molecule has 3 rings (SSSR count). The lowest BCUT2D eigenvalue weighted by Gasteiger charge is -2.17. The molecule has 0 atom stereocenters. The molecule has 1 saturated heterocycles. The highest BCUT2D eigenvalue weighted by molar-refractivity contribution is 8.27. The van der Waals surface area contributed by atoms with Gasteiger partial charge in [0.2, 0.25) is 0 Å². The number of amides is 1. The SMILES string of the molecule is Cc1ccc(N2C(=O)/C(=C\c3ccco3)SC2=S)cc1C(=O)[O-]. The van der Waals surface area contributed by atoms with Crippen LogP contribution in [0.4, 0.5) is 5.69 Å². The Bertz CT molecular complexity index is 840. The summed E-state index contributed by atoms with van der Waals surface area (Å²) in [5.74, 6) is -1.06. The molecule has 1 amide bonds. The summed E-state index contributed by atoms with van der Waals surface area (Å²) in [7, 11) is 0. The number of carboxylic acid groups (broad SMARTS) is 1. The zero-order chi connectivity index (χ0) is 16.6. The molecule has 1 aliphatic heterocycles. The van der Waals surface area contributed by atoms with E-state index in [1.54, 1.807) is 37.3 Å². The van der Waals surface area contributed by atoms with Gasteiger partial charge in [0.05, 0.1) is 22.8 Å². The lowest BCUT2D eigenvalue weighted by molar-refractivity contribution is -0.255. The monoisotopic (exact) mass is 344 g/mol. The highest BCUT2D eigenvalue weighted by Gasteiger charge is 2.33. The fourth-order valence-corrected chi connectivity index (χ4v) is 3.44. The van der Waals surface area contributed by atoms with E-state index in [1.807, 2.05) is 0 Å². The van der Waals surface area contributed by atoms with Crippen molar-refractivity contribution in [1.29, 1.82) is 0 Å². The summed E-state index contributed by atoms with van der Waals surface area (Å²) in [5.41, 5.74) is 0.997. The van der Waals surface area contributed by atoms with E-state index in [4.69, 9.17) is 16.6 Å². The number of aromatic carboxylic acids is 1. The fourth-order valence-electron chi connectivity index (χ4n) is 2.16. The Morgan fingerprint density at radius 3 is 2.83 bits per heavy atom. The standard InChI is InChI=1S/C16H11NO4S2/c1-9-4-5-10(7-12(9)15(19)20)17-14(18)13(23-16(17)22)8-11-3-2-6-21-11/h2-8H,1H3,(H,19,20)/p-1/b13-8+. The number of carbonyl (C=O) groups is 2. The Kier molecular flexibility index (Phi) is 4.06. The van der Waals surface area contributed by atoms with Crippen LogP contribution in [0.25, 0.3) is 6.08 Å². The largest absolute Gasteiger partial charge is 0.545 e. The topological polar surface area (TPSA) is 73.6 Å². The summed E-state index contributed by atoms with van der Waals surface area (Å²) in [6, 6.07) is 8.12. The molecule has 116 valence electrons. The number of benzene rings is 1. The Labute approximate surface area is 141 Å². The maximum atomic E-state index is 12.6. The molecule has 0 saturated carbocycles. The minimum Gasteiger partial charge on any atom is -0.545 e. The van der Waals surface area contributed by atoms with Crippen LogP contribution >= 0.6 is 24.0 Å². The van der Waals surface area contributed by atoms with Gasteiger partial charge in [0, 0.05) is 11.6 Å². The molecule has 1 aliphatic rings. The lowest BCUT2D eigenvalue weighted by Crippen LogP contribution is -2.29. The van der Waals surface area contributed by atoms with Gasteiger partial charge in [-0.05, 0) is 36.8 Å². The quantitative estimate of drug-likeness (QED) is 0.629. The molecule has 0 N–H and O–H groups in total. The number of thioether (sulfide) groups is 1. The van der Waals surface area contributed by atoms with Gasteiger partial charge in [-0.25, -0.2) is 0 Å². The molecule has 0 spiro atoms. The van der Waals surface area contributed by atoms with Gasteiger partial charge in [-0.15, -0.1) is 0 Å². The first-order chi connectivity index (χ1) is 11.0. The average molecular weight is 344 g/mol. The van der Waals surface area contributed by atoms with E-state index in [1.165, 1.54) is 17.2 Å². The first-order valence-electron chi connectivity index (χ1n) is 6.61. The van der Waals surface area contributed by atoms with Crippen molar-refractivity contribution in [3.63, 3.8) is 0 Å². The highest BCUT2D eigenvalue weighted by atomic mass is 32.2. The number of carboxylic acids is 1. The molecular formula is C16H10NO4S2-. The second kappa shape index (κ2) is 6.02. The molecule has 0 bridgehead atoms. The molecule has 1 aromatic heterocycles. The van der Waals surface area contributed by atoms with Crippen LogP contribution < -0.4 is 10.0 Å². The van der Waals surface area contributed by atoms with Gasteiger partial charge < -0.3 is 14.3 Å². The smallest absolute Gasteiger partial charge is 0.270 e. The molecule has 1 aromatic carbocycles. The Morgan fingerprint density at radius 1 is 1.39 bits per heavy atom. The second-order valence-corrected chi connectivity index (χ2v) is 6.49. The summed E-state index contributed by atoms with van der Waals surface area (Å²) in [6.07, 6.45) is 3.12. The van der Waals surface area contributed by atoms with Gasteiger partial charge in [0.15, 0.2) is 4.32 Å². The third-order valence-electron chi connectivity index (χ3n) is 3.31. The first kappa shape index (κ1) is 15.5. The summed E-state index contributed by atoms with van der Waals surface area (Å²) in [4.78, 5) is 25.4. The van der Waals surface area contributed by atoms with Gasteiger partial charge >= 0.3 is 0 Å². The van der Waals surface area contributed by atoms with Crippen molar-refractivity contribution >= 4 is 51.9 Å². The normalized spacial score (nSPS) is 16.4. The van der Waals surface area contributed by atoms with E-state index < -0.39 is 5.97 Å². The predicted octanol–water partition coefficient (Wildman–Crippen LogP) is 2.36. The molecule has 7 heteroatoms. The Balaban J connectivity index is 1.98. The van der Waals surface area contributed by atoms with Crippen LogP contribution in [0.2, 0.25) is 0 Å². The number of hydrogen-bond donors (Lipinski definition) is 0. The van der Waals surface area contributed by atoms with E-state index in [9.17, 15) is 14.7 Å². The van der Waals surface area contributed by atoms with E-state index in [0.29, 0.717) is 26.2 Å². The maximum Gasteiger partial charge on any atom is 0.270 e. The number of nitrogens with zero attached hydrogens (tertiary/aromatic N) is 1. The second-order valence-electron chi connectivity index (χ2n) is 4.82. The summed E-state index contributed by atoms with van der Waals surface area (Å²) in [5, 5.41) is 11.2. The first-order valence-corrected chi connectivity index (χ1v) is 7.83. The van der Waals surface area contributed by atoms with Crippen LogP contribution in [-0.2, 0) is 4.79 Å². The van der Waals surface area contributed by atoms with E-state index in [-0.39, 0.29) is 11.5 Å². The molecule has 23 heavy (non-hydrogen) atoms. The third-order valence-corrected chi connectivity index (χ3v) is 4.61. The summed E-state index contributed by atoms with van der Waals surface area (Å²) >= 11 is 6.39. The molecule has 0 aliphatic carbocycles. The molecular weight excluding hydrogens is 334 g/mol. The van der Waals surface area contributed by atoms with E-state index in [0.717, 1.165) is 11.8 Å². The molecule has 0 radical (unpaired) electrons. The van der Waals surface area contributed by atoms with Crippen LogP contribution in [0.5, 0.6) is 0 Å². The Hall–Kier alpha value is -2.38. The molecule has 0 unspecified atom stereocenters. The van der Waals surface area contributed by atoms with E-state index >= 15 is 0 Å². The van der Waals surface area contributed by atoms with Crippen molar-refractivity contribution < 1.29 is 19.1 Å². The Morgan fingerprint density at radius 2 is 2.17 bits per heavy atom. The molecule has 1 fully saturated rings. The van der Waals surface area contributed by atoms with E-state index in [2.05, 4.69) is 0 Å². The van der Waals surface area contributed by atoms with Crippen LogP contribution in [0.15, 0.2) is 45.9 Å². The number of thiocarbonyl (C=S) groups is 1.